The molecule has 2 rings (SSSR count). The van der Waals surface area contributed by atoms with Gasteiger partial charge in [-0.2, -0.15) is 0 Å². The first-order chi connectivity index (χ1) is 9.58. The minimum absolute atomic E-state index is 0.162. The number of rotatable bonds is 4. The average molecular weight is 334 g/mol. The molecule has 0 radical (unpaired) electrons. The van der Waals surface area contributed by atoms with Gasteiger partial charge in [0.2, 0.25) is 0 Å². The molecular weight excluding hydrogens is 314 g/mol. The van der Waals surface area contributed by atoms with Crippen LogP contribution in [0.1, 0.15) is 28.3 Å². The van der Waals surface area contributed by atoms with Gasteiger partial charge >= 0.3 is 0 Å². The third-order valence-corrected chi connectivity index (χ3v) is 4.45. The summed E-state index contributed by atoms with van der Waals surface area (Å²) in [5, 5.41) is 3.41. The van der Waals surface area contributed by atoms with Crippen LogP contribution in [-0.2, 0) is 0 Å². The van der Waals surface area contributed by atoms with Gasteiger partial charge in [0.1, 0.15) is 5.75 Å². The summed E-state index contributed by atoms with van der Waals surface area (Å²) < 4.78 is 6.31. The SMILES string of the molecule is CNC(c1ccc(OC)cc1Br)c1cccc(C)c1C. The molecule has 20 heavy (non-hydrogen) atoms. The Hall–Kier alpha value is -1.32. The van der Waals surface area contributed by atoms with E-state index in [9.17, 15) is 0 Å². The molecule has 0 aromatic heterocycles. The van der Waals surface area contributed by atoms with Crippen molar-refractivity contribution in [2.45, 2.75) is 19.9 Å². The van der Waals surface area contributed by atoms with Gasteiger partial charge in [0.05, 0.1) is 13.2 Å². The Balaban J connectivity index is 2.50. The van der Waals surface area contributed by atoms with E-state index in [1.165, 1.54) is 22.3 Å². The maximum Gasteiger partial charge on any atom is 0.120 e. The molecule has 0 bridgehead atoms. The van der Waals surface area contributed by atoms with Gasteiger partial charge in [-0.25, -0.2) is 0 Å². The molecule has 0 aliphatic heterocycles. The van der Waals surface area contributed by atoms with Gasteiger partial charge in [0.25, 0.3) is 0 Å². The topological polar surface area (TPSA) is 21.3 Å². The molecule has 1 unspecified atom stereocenters. The first kappa shape index (κ1) is 15.1. The quantitative estimate of drug-likeness (QED) is 0.896. The van der Waals surface area contributed by atoms with Crippen molar-refractivity contribution < 1.29 is 4.74 Å². The van der Waals surface area contributed by atoms with Crippen LogP contribution in [0.4, 0.5) is 0 Å². The van der Waals surface area contributed by atoms with Gasteiger partial charge in [-0.3, -0.25) is 0 Å². The largest absolute Gasteiger partial charge is 0.497 e. The van der Waals surface area contributed by atoms with Crippen LogP contribution in [0.2, 0.25) is 0 Å². The average Bonchev–Trinajstić information content (AvgIpc) is 2.45. The molecule has 2 nitrogen and oxygen atoms in total. The molecule has 3 heteroatoms. The Morgan fingerprint density at radius 2 is 1.85 bits per heavy atom. The smallest absolute Gasteiger partial charge is 0.120 e. The second kappa shape index (κ2) is 6.42. The van der Waals surface area contributed by atoms with Crippen LogP contribution in [0.5, 0.6) is 5.75 Å². The summed E-state index contributed by atoms with van der Waals surface area (Å²) in [6.07, 6.45) is 0. The zero-order valence-corrected chi connectivity index (χ0v) is 13.9. The maximum atomic E-state index is 5.26. The monoisotopic (exact) mass is 333 g/mol. The summed E-state index contributed by atoms with van der Waals surface area (Å²) in [7, 11) is 3.67. The molecule has 1 atom stereocenters. The highest BCUT2D eigenvalue weighted by Crippen LogP contribution is 2.33. The molecule has 0 aliphatic rings. The first-order valence-corrected chi connectivity index (χ1v) is 7.44. The lowest BCUT2D eigenvalue weighted by Crippen LogP contribution is -2.19. The highest BCUT2D eigenvalue weighted by Gasteiger charge is 2.17. The number of halogens is 1. The molecule has 0 fully saturated rings. The van der Waals surface area contributed by atoms with Crippen LogP contribution >= 0.6 is 15.9 Å². The molecule has 0 saturated carbocycles. The lowest BCUT2D eigenvalue weighted by molar-refractivity contribution is 0.414. The Morgan fingerprint density at radius 3 is 2.45 bits per heavy atom. The number of nitrogens with one attached hydrogen (secondary N) is 1. The summed E-state index contributed by atoms with van der Waals surface area (Å²) in [6, 6.07) is 12.7. The minimum Gasteiger partial charge on any atom is -0.497 e. The molecule has 0 saturated heterocycles. The number of ether oxygens (including phenoxy) is 1. The van der Waals surface area contributed by atoms with E-state index in [-0.39, 0.29) is 6.04 Å². The zero-order chi connectivity index (χ0) is 14.7. The third kappa shape index (κ3) is 2.89. The predicted octanol–water partition coefficient (Wildman–Crippen LogP) is 4.38. The first-order valence-electron chi connectivity index (χ1n) is 6.65. The summed E-state index contributed by atoms with van der Waals surface area (Å²) in [4.78, 5) is 0. The summed E-state index contributed by atoms with van der Waals surface area (Å²) >= 11 is 3.65. The van der Waals surface area contributed by atoms with Crippen LogP contribution in [0.3, 0.4) is 0 Å². The number of benzene rings is 2. The van der Waals surface area contributed by atoms with E-state index in [4.69, 9.17) is 4.74 Å². The second-order valence-electron chi connectivity index (χ2n) is 4.90. The molecule has 0 aliphatic carbocycles. The third-order valence-electron chi connectivity index (χ3n) is 3.76. The van der Waals surface area contributed by atoms with E-state index >= 15 is 0 Å². The Kier molecular flexibility index (Phi) is 4.84. The van der Waals surface area contributed by atoms with Crippen LogP contribution < -0.4 is 10.1 Å². The van der Waals surface area contributed by atoms with Crippen molar-refractivity contribution >= 4 is 15.9 Å². The maximum absolute atomic E-state index is 5.26. The van der Waals surface area contributed by atoms with Crippen molar-refractivity contribution in [3.8, 4) is 5.75 Å². The molecule has 0 amide bonds. The van der Waals surface area contributed by atoms with Crippen LogP contribution in [0.15, 0.2) is 40.9 Å². The van der Waals surface area contributed by atoms with Crippen LogP contribution in [-0.4, -0.2) is 14.2 Å². The Bertz CT molecular complexity index is 610. The van der Waals surface area contributed by atoms with E-state index in [1.807, 2.05) is 19.2 Å². The number of aryl methyl sites for hydroxylation is 1. The Labute approximate surface area is 129 Å². The highest BCUT2D eigenvalue weighted by atomic mass is 79.9. The minimum atomic E-state index is 0.162. The summed E-state index contributed by atoms with van der Waals surface area (Å²) in [6.45, 7) is 4.32. The standard InChI is InChI=1S/C17H20BrNO/c1-11-6-5-7-14(12(11)2)17(19-3)15-9-8-13(20-4)10-16(15)18/h5-10,17,19H,1-4H3. The lowest BCUT2D eigenvalue weighted by Gasteiger charge is -2.22. The Morgan fingerprint density at radius 1 is 1.10 bits per heavy atom. The highest BCUT2D eigenvalue weighted by molar-refractivity contribution is 9.10. The second-order valence-corrected chi connectivity index (χ2v) is 5.75. The van der Waals surface area contributed by atoms with Crippen molar-refractivity contribution in [2.24, 2.45) is 0 Å². The number of methoxy groups -OCH3 is 1. The van der Waals surface area contributed by atoms with Crippen molar-refractivity contribution in [1.29, 1.82) is 0 Å². The normalized spacial score (nSPS) is 12.2. The van der Waals surface area contributed by atoms with Gasteiger partial charge in [-0.1, -0.05) is 40.2 Å². The molecule has 2 aromatic carbocycles. The summed E-state index contributed by atoms with van der Waals surface area (Å²) in [5.41, 5.74) is 5.15. The molecule has 1 N–H and O–H groups in total. The van der Waals surface area contributed by atoms with Gasteiger partial charge in [-0.05, 0) is 55.3 Å². The predicted molar refractivity (Wildman–Crippen MR) is 87.5 cm³/mol. The van der Waals surface area contributed by atoms with E-state index in [0.29, 0.717) is 0 Å². The fourth-order valence-corrected chi connectivity index (χ4v) is 3.02. The van der Waals surface area contributed by atoms with E-state index in [2.05, 4.69) is 59.4 Å². The van der Waals surface area contributed by atoms with E-state index in [0.717, 1.165) is 10.2 Å². The zero-order valence-electron chi connectivity index (χ0n) is 12.3. The van der Waals surface area contributed by atoms with Crippen molar-refractivity contribution in [2.75, 3.05) is 14.2 Å². The molecule has 0 spiro atoms. The fourth-order valence-electron chi connectivity index (χ4n) is 2.43. The van der Waals surface area contributed by atoms with Gasteiger partial charge < -0.3 is 10.1 Å². The lowest BCUT2D eigenvalue weighted by atomic mass is 9.93. The van der Waals surface area contributed by atoms with Crippen molar-refractivity contribution in [1.82, 2.24) is 5.32 Å². The molecule has 0 heterocycles. The number of hydrogen-bond acceptors (Lipinski definition) is 2. The van der Waals surface area contributed by atoms with Crippen LogP contribution in [0.25, 0.3) is 0 Å². The molecular formula is C17H20BrNO. The molecule has 106 valence electrons. The van der Waals surface area contributed by atoms with Crippen LogP contribution in [0, 0.1) is 13.8 Å². The molecule has 2 aromatic rings. The number of hydrogen-bond donors (Lipinski definition) is 1. The fraction of sp³-hybridized carbons (Fsp3) is 0.294. The van der Waals surface area contributed by atoms with Crippen molar-refractivity contribution in [3.05, 3.63) is 63.1 Å². The van der Waals surface area contributed by atoms with Gasteiger partial charge in [-0.15, -0.1) is 0 Å². The van der Waals surface area contributed by atoms with Crippen molar-refractivity contribution in [3.63, 3.8) is 0 Å². The van der Waals surface area contributed by atoms with Gasteiger partial charge in [0, 0.05) is 4.47 Å². The van der Waals surface area contributed by atoms with E-state index in [1.54, 1.807) is 7.11 Å². The van der Waals surface area contributed by atoms with E-state index < -0.39 is 0 Å². The van der Waals surface area contributed by atoms with Gasteiger partial charge in [0.15, 0.2) is 0 Å². The summed E-state index contributed by atoms with van der Waals surface area (Å²) in [5.74, 6) is 0.858.